The number of hydrogen-bond acceptors (Lipinski definition) is 5. The van der Waals surface area contributed by atoms with Crippen LogP contribution in [0.5, 0.6) is 11.5 Å². The molecule has 0 spiro atoms. The minimum Gasteiger partial charge on any atom is -0.493 e. The van der Waals surface area contributed by atoms with Gasteiger partial charge in [-0.05, 0) is 24.3 Å². The Labute approximate surface area is 153 Å². The first kappa shape index (κ1) is 20.1. The van der Waals surface area contributed by atoms with E-state index in [2.05, 4.69) is 10.5 Å². The zero-order chi connectivity index (χ0) is 19.9. The van der Waals surface area contributed by atoms with Crippen LogP contribution >= 0.6 is 0 Å². The molecule has 144 valence electrons. The number of methoxy groups -OCH3 is 2. The Balaban J connectivity index is 1.97. The summed E-state index contributed by atoms with van der Waals surface area (Å²) in [5.41, 5.74) is -0.750. The summed E-state index contributed by atoms with van der Waals surface area (Å²) in [6.45, 7) is -0.561. The van der Waals surface area contributed by atoms with E-state index in [1.165, 1.54) is 32.6 Å². The Morgan fingerprint density at radius 3 is 2.52 bits per heavy atom. The Bertz CT molecular complexity index is 822. The van der Waals surface area contributed by atoms with E-state index >= 15 is 0 Å². The molecule has 27 heavy (non-hydrogen) atoms. The van der Waals surface area contributed by atoms with Crippen LogP contribution in [-0.2, 0) is 15.8 Å². The molecule has 0 radical (unpaired) electrons. The fourth-order valence-electron chi connectivity index (χ4n) is 2.23. The first-order valence-electron chi connectivity index (χ1n) is 7.69. The number of amides is 1. The maximum absolute atomic E-state index is 12.9. The lowest BCUT2D eigenvalue weighted by molar-refractivity contribution is -0.137. The van der Waals surface area contributed by atoms with Gasteiger partial charge < -0.3 is 19.6 Å². The quantitative estimate of drug-likeness (QED) is 0.586. The molecule has 0 aliphatic rings. The fraction of sp³-hybridized carbons (Fsp3) is 0.222. The molecule has 0 aliphatic heterocycles. The molecule has 0 bridgehead atoms. The standard InChI is InChI=1S/C18H17F3N2O4/c1-25-15-9-5-6-12(17(15)26-2)10-22-27-11-16(24)23-14-8-4-3-7-13(14)18(19,20)21/h3-10H,11H2,1-2H3,(H,23,24)/b22-10-. The largest absolute Gasteiger partial charge is 0.493 e. The second kappa shape index (κ2) is 8.93. The molecule has 0 aliphatic carbocycles. The maximum Gasteiger partial charge on any atom is 0.418 e. The molecule has 0 fully saturated rings. The van der Waals surface area contributed by atoms with Crippen molar-refractivity contribution in [2.24, 2.45) is 5.16 Å². The highest BCUT2D eigenvalue weighted by Gasteiger charge is 2.33. The number of halogens is 3. The number of hydrogen-bond donors (Lipinski definition) is 1. The molecular weight excluding hydrogens is 365 g/mol. The zero-order valence-corrected chi connectivity index (χ0v) is 14.5. The third-order valence-electron chi connectivity index (χ3n) is 3.40. The minimum atomic E-state index is -4.58. The SMILES string of the molecule is COc1cccc(/C=N\OCC(=O)Nc2ccccc2C(F)(F)F)c1OC. The first-order chi connectivity index (χ1) is 12.9. The van der Waals surface area contributed by atoms with Crippen molar-refractivity contribution in [3.05, 3.63) is 53.6 Å². The number of para-hydroxylation sites is 2. The summed E-state index contributed by atoms with van der Waals surface area (Å²) in [5.74, 6) is 0.139. The van der Waals surface area contributed by atoms with Crippen molar-refractivity contribution >= 4 is 17.8 Å². The highest BCUT2D eigenvalue weighted by Crippen LogP contribution is 2.34. The summed E-state index contributed by atoms with van der Waals surface area (Å²) in [7, 11) is 2.94. The summed E-state index contributed by atoms with van der Waals surface area (Å²) in [5, 5.41) is 5.79. The van der Waals surface area contributed by atoms with Gasteiger partial charge in [0, 0.05) is 5.56 Å². The van der Waals surface area contributed by atoms with Gasteiger partial charge in [-0.3, -0.25) is 4.79 Å². The molecule has 0 saturated heterocycles. The van der Waals surface area contributed by atoms with Crippen molar-refractivity contribution in [1.29, 1.82) is 0 Å². The van der Waals surface area contributed by atoms with E-state index in [1.54, 1.807) is 18.2 Å². The molecule has 6 nitrogen and oxygen atoms in total. The van der Waals surface area contributed by atoms with Gasteiger partial charge in [-0.1, -0.05) is 23.4 Å². The Morgan fingerprint density at radius 2 is 1.85 bits per heavy atom. The number of nitrogens with zero attached hydrogens (tertiary/aromatic N) is 1. The molecule has 0 unspecified atom stereocenters. The number of anilines is 1. The maximum atomic E-state index is 12.9. The van der Waals surface area contributed by atoms with E-state index in [0.29, 0.717) is 17.1 Å². The van der Waals surface area contributed by atoms with Gasteiger partial charge in [0.1, 0.15) is 0 Å². The number of ether oxygens (including phenoxy) is 2. The average molecular weight is 382 g/mol. The van der Waals surface area contributed by atoms with Gasteiger partial charge in [0.2, 0.25) is 0 Å². The number of benzene rings is 2. The third-order valence-corrected chi connectivity index (χ3v) is 3.40. The molecule has 0 saturated carbocycles. The van der Waals surface area contributed by atoms with Crippen LogP contribution < -0.4 is 14.8 Å². The van der Waals surface area contributed by atoms with Gasteiger partial charge in [-0.25, -0.2) is 0 Å². The van der Waals surface area contributed by atoms with Crippen molar-refractivity contribution < 1.29 is 32.3 Å². The lowest BCUT2D eigenvalue weighted by Crippen LogP contribution is -2.20. The number of oxime groups is 1. The fourth-order valence-corrected chi connectivity index (χ4v) is 2.23. The van der Waals surface area contributed by atoms with E-state index in [-0.39, 0.29) is 5.69 Å². The molecule has 1 N–H and O–H groups in total. The van der Waals surface area contributed by atoms with Crippen LogP contribution in [0.15, 0.2) is 47.6 Å². The normalized spacial score (nSPS) is 11.3. The van der Waals surface area contributed by atoms with Crippen LogP contribution in [-0.4, -0.2) is 32.9 Å². The average Bonchev–Trinajstić information content (AvgIpc) is 2.64. The van der Waals surface area contributed by atoms with E-state index < -0.39 is 24.3 Å². The summed E-state index contributed by atoms with van der Waals surface area (Å²) < 4.78 is 49.0. The number of rotatable bonds is 7. The Morgan fingerprint density at radius 1 is 1.11 bits per heavy atom. The summed E-state index contributed by atoms with van der Waals surface area (Å²) >= 11 is 0. The molecule has 0 aromatic heterocycles. The van der Waals surface area contributed by atoms with E-state index in [0.717, 1.165) is 12.1 Å². The second-order valence-corrected chi connectivity index (χ2v) is 5.18. The summed E-state index contributed by atoms with van der Waals surface area (Å²) in [4.78, 5) is 16.7. The molecule has 1 amide bonds. The van der Waals surface area contributed by atoms with Crippen molar-refractivity contribution in [2.45, 2.75) is 6.18 Å². The van der Waals surface area contributed by atoms with Crippen LogP contribution in [0, 0.1) is 0 Å². The number of alkyl halides is 3. The number of carbonyl (C=O) groups excluding carboxylic acids is 1. The van der Waals surface area contributed by atoms with Crippen molar-refractivity contribution in [3.8, 4) is 11.5 Å². The Hall–Kier alpha value is -3.23. The number of nitrogens with one attached hydrogen (secondary N) is 1. The summed E-state index contributed by atoms with van der Waals surface area (Å²) in [6, 6.07) is 9.76. The molecule has 2 rings (SSSR count). The molecular formula is C18H17F3N2O4. The summed E-state index contributed by atoms with van der Waals surface area (Å²) in [6.07, 6.45) is -3.27. The van der Waals surface area contributed by atoms with Crippen LogP contribution in [0.2, 0.25) is 0 Å². The van der Waals surface area contributed by atoms with Gasteiger partial charge in [-0.2, -0.15) is 13.2 Å². The van der Waals surface area contributed by atoms with Gasteiger partial charge >= 0.3 is 6.18 Å². The van der Waals surface area contributed by atoms with Crippen LogP contribution in [0.4, 0.5) is 18.9 Å². The van der Waals surface area contributed by atoms with Crippen LogP contribution in [0.1, 0.15) is 11.1 Å². The highest BCUT2D eigenvalue weighted by atomic mass is 19.4. The van der Waals surface area contributed by atoms with Crippen molar-refractivity contribution in [2.75, 3.05) is 26.1 Å². The second-order valence-electron chi connectivity index (χ2n) is 5.18. The van der Waals surface area contributed by atoms with Crippen molar-refractivity contribution in [1.82, 2.24) is 0 Å². The lowest BCUT2D eigenvalue weighted by Gasteiger charge is -2.13. The first-order valence-corrected chi connectivity index (χ1v) is 7.69. The van der Waals surface area contributed by atoms with Gasteiger partial charge in [-0.15, -0.1) is 0 Å². The lowest BCUT2D eigenvalue weighted by atomic mass is 10.1. The Kier molecular flexibility index (Phi) is 6.64. The molecule has 2 aromatic rings. The predicted octanol–water partition coefficient (Wildman–Crippen LogP) is 3.71. The topological polar surface area (TPSA) is 69.2 Å². The van der Waals surface area contributed by atoms with E-state index in [9.17, 15) is 18.0 Å². The zero-order valence-electron chi connectivity index (χ0n) is 14.5. The monoisotopic (exact) mass is 382 g/mol. The highest BCUT2D eigenvalue weighted by molar-refractivity contribution is 5.92. The van der Waals surface area contributed by atoms with Gasteiger partial charge in [0.05, 0.1) is 31.7 Å². The molecule has 9 heteroatoms. The van der Waals surface area contributed by atoms with Crippen LogP contribution in [0.3, 0.4) is 0 Å². The van der Waals surface area contributed by atoms with E-state index in [4.69, 9.17) is 14.3 Å². The predicted molar refractivity (Wildman–Crippen MR) is 93.2 cm³/mol. The molecule has 0 atom stereocenters. The van der Waals surface area contributed by atoms with Crippen LogP contribution in [0.25, 0.3) is 0 Å². The number of carbonyl (C=O) groups is 1. The molecule has 0 heterocycles. The smallest absolute Gasteiger partial charge is 0.418 e. The molecule has 2 aromatic carbocycles. The van der Waals surface area contributed by atoms with Gasteiger partial charge in [0.15, 0.2) is 18.1 Å². The van der Waals surface area contributed by atoms with Gasteiger partial charge in [0.25, 0.3) is 5.91 Å². The minimum absolute atomic E-state index is 0.350. The third kappa shape index (κ3) is 5.37. The van der Waals surface area contributed by atoms with E-state index in [1.807, 2.05) is 0 Å². The van der Waals surface area contributed by atoms with Crippen molar-refractivity contribution in [3.63, 3.8) is 0 Å².